The van der Waals surface area contributed by atoms with Crippen LogP contribution in [0.4, 0.5) is 5.13 Å². The average Bonchev–Trinajstić information content (AvgIpc) is 3.57. The van der Waals surface area contributed by atoms with Gasteiger partial charge in [0.1, 0.15) is 4.21 Å². The number of hydrogen-bond acceptors (Lipinski definition) is 7. The molecule has 1 aromatic carbocycles. The van der Waals surface area contributed by atoms with Crippen LogP contribution in [0.1, 0.15) is 24.1 Å². The number of benzene rings is 1. The Bertz CT molecular complexity index is 1420. The third-order valence-corrected chi connectivity index (χ3v) is 10.8. The van der Waals surface area contributed by atoms with Gasteiger partial charge in [-0.05, 0) is 55.0 Å². The molecule has 0 N–H and O–H groups in total. The van der Waals surface area contributed by atoms with Gasteiger partial charge in [0.15, 0.2) is 5.13 Å². The van der Waals surface area contributed by atoms with Crippen molar-refractivity contribution >= 4 is 65.6 Å². The highest BCUT2D eigenvalue weighted by atomic mass is 35.5. The number of nitrogens with zero attached hydrogens (tertiary/aromatic N) is 4. The standard InChI is InChI=1S/C24H23ClN4O3S3/c1-16-9-10-19(25)22-21(16)27-24(34-22)29(15-18-7-2-3-11-26-18)23(30)17-6-4-12-28(14-17)35(31,32)20-8-5-13-33-20/h2-3,5,7-11,13,17H,4,6,12,14-15H2,1H3. The second kappa shape index (κ2) is 9.94. The fourth-order valence-corrected chi connectivity index (χ4v) is 8.21. The number of anilines is 1. The van der Waals surface area contributed by atoms with Crippen molar-refractivity contribution in [3.05, 3.63) is 70.3 Å². The summed E-state index contributed by atoms with van der Waals surface area (Å²) in [5.41, 5.74) is 2.46. The van der Waals surface area contributed by atoms with Crippen molar-refractivity contribution in [2.75, 3.05) is 18.0 Å². The molecule has 4 aromatic rings. The molecule has 1 atom stereocenters. The molecule has 7 nitrogen and oxygen atoms in total. The van der Waals surface area contributed by atoms with E-state index in [9.17, 15) is 13.2 Å². The lowest BCUT2D eigenvalue weighted by molar-refractivity contribution is -0.123. The van der Waals surface area contributed by atoms with E-state index in [4.69, 9.17) is 16.6 Å². The van der Waals surface area contributed by atoms with Crippen LogP contribution in [0.25, 0.3) is 10.2 Å². The topological polar surface area (TPSA) is 83.5 Å². The third-order valence-electron chi connectivity index (χ3n) is 6.05. The zero-order chi connectivity index (χ0) is 24.6. The Hall–Kier alpha value is -2.37. The van der Waals surface area contributed by atoms with E-state index in [1.165, 1.54) is 27.0 Å². The van der Waals surface area contributed by atoms with Gasteiger partial charge in [-0.1, -0.05) is 41.1 Å². The van der Waals surface area contributed by atoms with Gasteiger partial charge < -0.3 is 0 Å². The molecule has 3 aromatic heterocycles. The van der Waals surface area contributed by atoms with Crippen LogP contribution in [0.5, 0.6) is 0 Å². The summed E-state index contributed by atoms with van der Waals surface area (Å²) in [6, 6.07) is 12.6. The van der Waals surface area contributed by atoms with Crippen LogP contribution in [0.3, 0.4) is 0 Å². The highest BCUT2D eigenvalue weighted by molar-refractivity contribution is 7.91. The third kappa shape index (κ3) is 4.85. The van der Waals surface area contributed by atoms with Crippen LogP contribution in [-0.4, -0.2) is 41.7 Å². The number of carbonyl (C=O) groups is 1. The fraction of sp³-hybridized carbons (Fsp3) is 0.292. The maximum absolute atomic E-state index is 13.9. The van der Waals surface area contributed by atoms with Crippen molar-refractivity contribution in [3.63, 3.8) is 0 Å². The number of amides is 1. The van der Waals surface area contributed by atoms with Crippen molar-refractivity contribution in [1.82, 2.24) is 14.3 Å². The largest absolute Gasteiger partial charge is 0.282 e. The summed E-state index contributed by atoms with van der Waals surface area (Å²) in [7, 11) is -3.63. The minimum atomic E-state index is -3.63. The lowest BCUT2D eigenvalue weighted by Gasteiger charge is -2.33. The van der Waals surface area contributed by atoms with Gasteiger partial charge in [0.25, 0.3) is 10.0 Å². The van der Waals surface area contributed by atoms with Gasteiger partial charge in [-0.2, -0.15) is 4.31 Å². The molecule has 35 heavy (non-hydrogen) atoms. The summed E-state index contributed by atoms with van der Waals surface area (Å²) in [5.74, 6) is -0.639. The number of sulfonamides is 1. The van der Waals surface area contributed by atoms with Crippen molar-refractivity contribution in [2.24, 2.45) is 5.92 Å². The number of halogens is 1. The van der Waals surface area contributed by atoms with Crippen molar-refractivity contribution in [2.45, 2.75) is 30.5 Å². The number of rotatable bonds is 6. The highest BCUT2D eigenvalue weighted by Crippen LogP contribution is 2.37. The first-order valence-corrected chi connectivity index (χ1v) is 14.7. The quantitative estimate of drug-likeness (QED) is 0.325. The van der Waals surface area contributed by atoms with E-state index in [0.29, 0.717) is 33.7 Å². The van der Waals surface area contributed by atoms with Gasteiger partial charge in [0, 0.05) is 19.3 Å². The Morgan fingerprint density at radius 2 is 2.09 bits per heavy atom. The van der Waals surface area contributed by atoms with E-state index < -0.39 is 15.9 Å². The Morgan fingerprint density at radius 1 is 1.23 bits per heavy atom. The minimum absolute atomic E-state index is 0.141. The van der Waals surface area contributed by atoms with Gasteiger partial charge in [-0.15, -0.1) is 11.3 Å². The van der Waals surface area contributed by atoms with Crippen LogP contribution in [0, 0.1) is 12.8 Å². The summed E-state index contributed by atoms with van der Waals surface area (Å²) in [6.07, 6.45) is 2.91. The Morgan fingerprint density at radius 3 is 2.80 bits per heavy atom. The van der Waals surface area contributed by atoms with Crippen LogP contribution >= 0.6 is 34.3 Å². The second-order valence-corrected chi connectivity index (χ2v) is 12.9. The molecule has 182 valence electrons. The van der Waals surface area contributed by atoms with E-state index in [0.717, 1.165) is 21.5 Å². The lowest BCUT2D eigenvalue weighted by atomic mass is 9.98. The summed E-state index contributed by atoms with van der Waals surface area (Å²) >= 11 is 8.99. The monoisotopic (exact) mass is 546 g/mol. The first kappa shape index (κ1) is 24.3. The molecule has 11 heteroatoms. The van der Waals surface area contributed by atoms with E-state index in [1.54, 1.807) is 28.6 Å². The van der Waals surface area contributed by atoms with Crippen molar-refractivity contribution in [3.8, 4) is 0 Å². The number of fused-ring (bicyclic) bond motifs is 1. The average molecular weight is 547 g/mol. The predicted octanol–water partition coefficient (Wildman–Crippen LogP) is 5.35. The van der Waals surface area contributed by atoms with Gasteiger partial charge in [-0.25, -0.2) is 13.4 Å². The molecule has 1 fully saturated rings. The number of piperidine rings is 1. The fourth-order valence-electron chi connectivity index (χ4n) is 4.22. The van der Waals surface area contributed by atoms with Gasteiger partial charge >= 0.3 is 0 Å². The normalized spacial score (nSPS) is 17.0. The number of carbonyl (C=O) groups excluding carboxylic acids is 1. The maximum Gasteiger partial charge on any atom is 0.252 e. The first-order valence-electron chi connectivity index (χ1n) is 11.1. The number of aromatic nitrogens is 2. The number of thiophene rings is 1. The zero-order valence-electron chi connectivity index (χ0n) is 18.9. The minimum Gasteiger partial charge on any atom is -0.282 e. The molecule has 0 bridgehead atoms. The van der Waals surface area contributed by atoms with E-state index in [-0.39, 0.29) is 19.0 Å². The number of thiazole rings is 1. The van der Waals surface area contributed by atoms with Crippen LogP contribution in [-0.2, 0) is 21.4 Å². The summed E-state index contributed by atoms with van der Waals surface area (Å²) in [5, 5.41) is 2.87. The smallest absolute Gasteiger partial charge is 0.252 e. The number of pyridine rings is 1. The molecule has 1 aliphatic rings. The van der Waals surface area contributed by atoms with E-state index in [2.05, 4.69) is 4.98 Å². The highest BCUT2D eigenvalue weighted by Gasteiger charge is 2.36. The molecule has 1 saturated heterocycles. The number of aryl methyl sites for hydroxylation is 1. The maximum atomic E-state index is 13.9. The Labute approximate surface area is 217 Å². The predicted molar refractivity (Wildman–Crippen MR) is 141 cm³/mol. The zero-order valence-corrected chi connectivity index (χ0v) is 22.1. The molecule has 5 rings (SSSR count). The van der Waals surface area contributed by atoms with Crippen molar-refractivity contribution in [1.29, 1.82) is 0 Å². The van der Waals surface area contributed by atoms with Gasteiger partial charge in [0.05, 0.1) is 33.4 Å². The molecule has 1 unspecified atom stereocenters. The SMILES string of the molecule is Cc1ccc(Cl)c2sc(N(Cc3ccccn3)C(=O)C3CCCN(S(=O)(=O)c4cccs4)C3)nc12. The molecule has 1 amide bonds. The van der Waals surface area contributed by atoms with Crippen molar-refractivity contribution < 1.29 is 13.2 Å². The molecular weight excluding hydrogens is 524 g/mol. The summed E-state index contributed by atoms with van der Waals surface area (Å²) < 4.78 is 28.8. The molecule has 1 aliphatic heterocycles. The summed E-state index contributed by atoms with van der Waals surface area (Å²) in [4.78, 5) is 24.7. The molecular formula is C24H23ClN4O3S3. The first-order chi connectivity index (χ1) is 16.8. The van der Waals surface area contributed by atoms with Gasteiger partial charge in [-0.3, -0.25) is 14.7 Å². The molecule has 0 spiro atoms. The number of hydrogen-bond donors (Lipinski definition) is 0. The van der Waals surface area contributed by atoms with Crippen LogP contribution in [0.2, 0.25) is 5.02 Å². The molecule has 0 saturated carbocycles. The van der Waals surface area contributed by atoms with Crippen LogP contribution < -0.4 is 4.90 Å². The van der Waals surface area contributed by atoms with E-state index >= 15 is 0 Å². The Balaban J connectivity index is 1.48. The second-order valence-electron chi connectivity index (χ2n) is 8.42. The Kier molecular flexibility index (Phi) is 6.91. The molecule has 0 aliphatic carbocycles. The van der Waals surface area contributed by atoms with Crippen LogP contribution in [0.15, 0.2) is 58.3 Å². The lowest BCUT2D eigenvalue weighted by Crippen LogP contribution is -2.46. The molecule has 0 radical (unpaired) electrons. The van der Waals surface area contributed by atoms with E-state index in [1.807, 2.05) is 37.3 Å². The van der Waals surface area contributed by atoms with Gasteiger partial charge in [0.2, 0.25) is 5.91 Å². The summed E-state index contributed by atoms with van der Waals surface area (Å²) in [6.45, 7) is 2.74. The molecule has 4 heterocycles.